The Morgan fingerprint density at radius 2 is 1.77 bits per heavy atom. The summed E-state index contributed by atoms with van der Waals surface area (Å²) in [5.74, 6) is 0.102. The normalized spacial score (nSPS) is 10.9. The summed E-state index contributed by atoms with van der Waals surface area (Å²) in [6.07, 6.45) is 1.35. The molecule has 0 aliphatic rings. The van der Waals surface area contributed by atoms with Crippen molar-refractivity contribution in [1.82, 2.24) is 5.43 Å². The van der Waals surface area contributed by atoms with Gasteiger partial charge < -0.3 is 9.47 Å². The van der Waals surface area contributed by atoms with Gasteiger partial charge in [-0.1, -0.05) is 38.1 Å². The predicted molar refractivity (Wildman–Crippen MR) is 131 cm³/mol. The van der Waals surface area contributed by atoms with E-state index in [4.69, 9.17) is 9.47 Å². The van der Waals surface area contributed by atoms with Crippen LogP contribution in [0.15, 0.2) is 71.8 Å². The molecule has 3 aromatic carbocycles. The van der Waals surface area contributed by atoms with Gasteiger partial charge in [0.05, 0.1) is 16.7 Å². The molecule has 9 heteroatoms. The van der Waals surface area contributed by atoms with Crippen molar-refractivity contribution in [2.75, 3.05) is 6.61 Å². The van der Waals surface area contributed by atoms with Gasteiger partial charge in [-0.2, -0.15) is 5.10 Å². The highest BCUT2D eigenvalue weighted by Gasteiger charge is 2.13. The minimum Gasteiger partial charge on any atom is -0.483 e. The van der Waals surface area contributed by atoms with E-state index in [9.17, 15) is 19.7 Å². The topological polar surface area (TPSA) is 120 Å². The van der Waals surface area contributed by atoms with Crippen molar-refractivity contribution in [3.05, 3.63) is 99.1 Å². The molecule has 0 fully saturated rings. The van der Waals surface area contributed by atoms with Crippen LogP contribution < -0.4 is 14.9 Å². The molecule has 1 N–H and O–H groups in total. The number of ether oxygens (including phenoxy) is 2. The molecule has 180 valence electrons. The van der Waals surface area contributed by atoms with Crippen molar-refractivity contribution in [2.24, 2.45) is 5.10 Å². The number of hydrogen-bond acceptors (Lipinski definition) is 7. The highest BCUT2D eigenvalue weighted by Crippen LogP contribution is 2.23. The average Bonchev–Trinajstić information content (AvgIpc) is 2.84. The molecular weight excluding hydrogens is 450 g/mol. The van der Waals surface area contributed by atoms with Gasteiger partial charge in [0, 0.05) is 17.7 Å². The number of amides is 1. The van der Waals surface area contributed by atoms with Gasteiger partial charge >= 0.3 is 5.97 Å². The number of nitro groups is 1. The molecule has 0 atom stereocenters. The number of hydrogen-bond donors (Lipinski definition) is 1. The highest BCUT2D eigenvalue weighted by molar-refractivity contribution is 5.93. The van der Waals surface area contributed by atoms with Crippen LogP contribution in [0.4, 0.5) is 5.69 Å². The molecule has 1 amide bonds. The molecule has 0 bridgehead atoms. The zero-order valence-corrected chi connectivity index (χ0v) is 19.6. The number of nitrogens with one attached hydrogen (secondary N) is 1. The lowest BCUT2D eigenvalue weighted by Gasteiger charge is -2.11. The number of aryl methyl sites for hydroxylation is 1. The van der Waals surface area contributed by atoms with E-state index in [2.05, 4.69) is 24.4 Å². The van der Waals surface area contributed by atoms with E-state index in [0.717, 1.165) is 5.56 Å². The lowest BCUT2D eigenvalue weighted by molar-refractivity contribution is -0.384. The summed E-state index contributed by atoms with van der Waals surface area (Å²) in [6, 6.07) is 17.5. The van der Waals surface area contributed by atoms with Crippen LogP contribution >= 0.6 is 0 Å². The fraction of sp³-hybridized carbons (Fsp3) is 0.192. The molecule has 3 aromatic rings. The zero-order chi connectivity index (χ0) is 25.4. The Kier molecular flexibility index (Phi) is 8.29. The number of hydrazone groups is 1. The second-order valence-electron chi connectivity index (χ2n) is 7.99. The van der Waals surface area contributed by atoms with Crippen LogP contribution in [0.2, 0.25) is 0 Å². The number of esters is 1. The summed E-state index contributed by atoms with van der Waals surface area (Å²) < 4.78 is 11.0. The lowest BCUT2D eigenvalue weighted by atomic mass is 10.0. The van der Waals surface area contributed by atoms with Crippen LogP contribution in [-0.4, -0.2) is 29.6 Å². The largest absolute Gasteiger partial charge is 0.483 e. The average molecular weight is 476 g/mol. The Hall–Kier alpha value is -4.53. The van der Waals surface area contributed by atoms with Gasteiger partial charge in [-0.15, -0.1) is 0 Å². The van der Waals surface area contributed by atoms with E-state index in [-0.39, 0.29) is 23.6 Å². The van der Waals surface area contributed by atoms with E-state index in [0.29, 0.717) is 17.2 Å². The molecular formula is C26H25N3O6. The van der Waals surface area contributed by atoms with Gasteiger partial charge in [-0.25, -0.2) is 10.2 Å². The number of nitro benzene ring substituents is 1. The van der Waals surface area contributed by atoms with Crippen LogP contribution in [0, 0.1) is 17.0 Å². The van der Waals surface area contributed by atoms with Crippen LogP contribution in [0.5, 0.6) is 11.5 Å². The molecule has 0 aromatic heterocycles. The predicted octanol–water partition coefficient (Wildman–Crippen LogP) is 4.77. The van der Waals surface area contributed by atoms with Crippen molar-refractivity contribution >= 4 is 23.8 Å². The summed E-state index contributed by atoms with van der Waals surface area (Å²) in [5.41, 5.74) is 4.99. The van der Waals surface area contributed by atoms with Gasteiger partial charge in [0.15, 0.2) is 6.61 Å². The monoisotopic (exact) mass is 475 g/mol. The summed E-state index contributed by atoms with van der Waals surface area (Å²) in [6.45, 7) is 5.92. The Morgan fingerprint density at radius 3 is 2.43 bits per heavy atom. The van der Waals surface area contributed by atoms with Crippen LogP contribution in [0.1, 0.15) is 46.8 Å². The smallest absolute Gasteiger partial charge is 0.343 e. The standard InChI is InChI=1S/C26H25N3O6/c1-17(2)20-10-13-23(18(3)14-20)34-16-25(30)28-27-15-21-6-4-5-7-24(21)35-26(31)19-8-11-22(12-9-19)29(32)33/h4-15,17H,16H2,1-3H3,(H,28,30). The van der Waals surface area contributed by atoms with Gasteiger partial charge in [0.25, 0.3) is 11.6 Å². The van der Waals surface area contributed by atoms with Gasteiger partial charge in [0.1, 0.15) is 11.5 Å². The minimum atomic E-state index is -0.683. The molecule has 0 aliphatic carbocycles. The first-order valence-corrected chi connectivity index (χ1v) is 10.9. The number of nitrogens with zero attached hydrogens (tertiary/aromatic N) is 2. The summed E-state index contributed by atoms with van der Waals surface area (Å²) in [7, 11) is 0. The Labute approximate surface area is 202 Å². The highest BCUT2D eigenvalue weighted by atomic mass is 16.6. The SMILES string of the molecule is Cc1cc(C(C)C)ccc1OCC(=O)NN=Cc1ccccc1OC(=O)c1ccc([N+](=O)[O-])cc1. The summed E-state index contributed by atoms with van der Waals surface area (Å²) in [5, 5.41) is 14.7. The van der Waals surface area contributed by atoms with Gasteiger partial charge in [-0.05, 0) is 54.3 Å². The maximum absolute atomic E-state index is 12.4. The summed E-state index contributed by atoms with van der Waals surface area (Å²) in [4.78, 5) is 34.8. The number of non-ortho nitro benzene ring substituents is 1. The second-order valence-corrected chi connectivity index (χ2v) is 7.99. The van der Waals surface area contributed by atoms with Crippen molar-refractivity contribution in [3.63, 3.8) is 0 Å². The molecule has 0 saturated carbocycles. The maximum Gasteiger partial charge on any atom is 0.343 e. The quantitative estimate of drug-likeness (QED) is 0.156. The summed E-state index contributed by atoms with van der Waals surface area (Å²) >= 11 is 0. The second kappa shape index (κ2) is 11.6. The third-order valence-corrected chi connectivity index (χ3v) is 5.05. The van der Waals surface area contributed by atoms with Crippen molar-refractivity contribution in [2.45, 2.75) is 26.7 Å². The molecule has 0 radical (unpaired) electrons. The van der Waals surface area contributed by atoms with E-state index in [1.165, 1.54) is 36.0 Å². The van der Waals surface area contributed by atoms with E-state index < -0.39 is 16.8 Å². The van der Waals surface area contributed by atoms with Gasteiger partial charge in [-0.3, -0.25) is 14.9 Å². The third kappa shape index (κ3) is 6.97. The molecule has 0 spiro atoms. The first kappa shape index (κ1) is 25.1. The molecule has 0 saturated heterocycles. The molecule has 35 heavy (non-hydrogen) atoms. The molecule has 0 aliphatic heterocycles. The molecule has 0 unspecified atom stereocenters. The Bertz CT molecular complexity index is 1250. The van der Waals surface area contributed by atoms with Crippen molar-refractivity contribution in [3.8, 4) is 11.5 Å². The molecule has 0 heterocycles. The zero-order valence-electron chi connectivity index (χ0n) is 19.6. The Morgan fingerprint density at radius 1 is 1.06 bits per heavy atom. The van der Waals surface area contributed by atoms with Crippen LogP contribution in [-0.2, 0) is 4.79 Å². The lowest BCUT2D eigenvalue weighted by Crippen LogP contribution is -2.24. The number of rotatable bonds is 9. The number of carbonyl (C=O) groups excluding carboxylic acids is 2. The van der Waals surface area contributed by atoms with Crippen LogP contribution in [0.25, 0.3) is 0 Å². The van der Waals surface area contributed by atoms with Gasteiger partial charge in [0.2, 0.25) is 0 Å². The van der Waals surface area contributed by atoms with Crippen molar-refractivity contribution in [1.29, 1.82) is 0 Å². The van der Waals surface area contributed by atoms with E-state index in [1.807, 2.05) is 25.1 Å². The fourth-order valence-electron chi connectivity index (χ4n) is 3.10. The van der Waals surface area contributed by atoms with E-state index >= 15 is 0 Å². The van der Waals surface area contributed by atoms with Crippen molar-refractivity contribution < 1.29 is 24.0 Å². The molecule has 9 nitrogen and oxygen atoms in total. The van der Waals surface area contributed by atoms with E-state index in [1.54, 1.807) is 24.3 Å². The number of carbonyl (C=O) groups is 2. The fourth-order valence-corrected chi connectivity index (χ4v) is 3.10. The first-order chi connectivity index (χ1) is 16.7. The molecule has 3 rings (SSSR count). The third-order valence-electron chi connectivity index (χ3n) is 5.05. The van der Waals surface area contributed by atoms with Crippen LogP contribution in [0.3, 0.4) is 0 Å². The maximum atomic E-state index is 12.4. The first-order valence-electron chi connectivity index (χ1n) is 10.9. The Balaban J connectivity index is 1.57. The number of para-hydroxylation sites is 1. The number of benzene rings is 3. The minimum absolute atomic E-state index is 0.128.